The van der Waals surface area contributed by atoms with Crippen molar-refractivity contribution in [2.24, 2.45) is 0 Å². The van der Waals surface area contributed by atoms with E-state index in [1.807, 2.05) is 0 Å². The molecule has 0 bridgehead atoms. The standard InChI is InChI=1S/C10H13FN2O4/c1-5-3-13(10(16)12-9(5)15)8-2-6(11)7(4-14)17-8/h3,6-8,14H,2,4H2,1H3,(H,12,15,16)/t6-,7+,8-/m0/s1. The average Bonchev–Trinajstić information content (AvgIpc) is 2.65. The minimum Gasteiger partial charge on any atom is -0.394 e. The van der Waals surface area contributed by atoms with Gasteiger partial charge in [-0.1, -0.05) is 0 Å². The molecule has 0 radical (unpaired) electrons. The first-order valence-electron chi connectivity index (χ1n) is 5.25. The van der Waals surface area contributed by atoms with Crippen molar-refractivity contribution in [2.75, 3.05) is 6.61 Å². The van der Waals surface area contributed by atoms with E-state index in [4.69, 9.17) is 9.84 Å². The van der Waals surface area contributed by atoms with Gasteiger partial charge in [0.1, 0.15) is 18.5 Å². The van der Waals surface area contributed by atoms with Gasteiger partial charge in [0.15, 0.2) is 0 Å². The van der Waals surface area contributed by atoms with Crippen LogP contribution in [0.4, 0.5) is 4.39 Å². The molecule has 2 heterocycles. The molecule has 0 amide bonds. The van der Waals surface area contributed by atoms with E-state index in [2.05, 4.69) is 4.98 Å². The van der Waals surface area contributed by atoms with E-state index in [1.165, 1.54) is 6.20 Å². The number of nitrogens with one attached hydrogen (secondary N) is 1. The summed E-state index contributed by atoms with van der Waals surface area (Å²) in [6, 6.07) is 0. The lowest BCUT2D eigenvalue weighted by Crippen LogP contribution is -2.33. The van der Waals surface area contributed by atoms with Crippen LogP contribution in [0.3, 0.4) is 0 Å². The summed E-state index contributed by atoms with van der Waals surface area (Å²) in [6.45, 7) is 1.11. The summed E-state index contributed by atoms with van der Waals surface area (Å²) in [6.07, 6.45) is -1.71. The van der Waals surface area contributed by atoms with Crippen molar-refractivity contribution in [2.45, 2.75) is 31.8 Å². The third-order valence-corrected chi connectivity index (χ3v) is 2.80. The lowest BCUT2D eigenvalue weighted by atomic mass is 10.2. The van der Waals surface area contributed by atoms with Crippen LogP contribution in [0.1, 0.15) is 18.2 Å². The molecule has 0 spiro atoms. The fourth-order valence-electron chi connectivity index (χ4n) is 1.82. The molecule has 1 aromatic rings. The average molecular weight is 244 g/mol. The Kier molecular flexibility index (Phi) is 3.12. The lowest BCUT2D eigenvalue weighted by Gasteiger charge is -2.14. The molecule has 2 N–H and O–H groups in total. The minimum atomic E-state index is -1.32. The Balaban J connectivity index is 2.34. The number of H-pyrrole nitrogens is 1. The molecule has 0 aliphatic carbocycles. The van der Waals surface area contributed by atoms with Crippen LogP contribution in [-0.2, 0) is 4.74 Å². The Morgan fingerprint density at radius 1 is 1.65 bits per heavy atom. The highest BCUT2D eigenvalue weighted by molar-refractivity contribution is 5.02. The van der Waals surface area contributed by atoms with Gasteiger partial charge in [0.05, 0.1) is 6.61 Å². The van der Waals surface area contributed by atoms with Crippen LogP contribution in [-0.4, -0.2) is 33.5 Å². The highest BCUT2D eigenvalue weighted by Crippen LogP contribution is 2.29. The van der Waals surface area contributed by atoms with E-state index in [1.54, 1.807) is 6.92 Å². The number of ether oxygens (including phenoxy) is 1. The Hall–Kier alpha value is -1.47. The van der Waals surface area contributed by atoms with Gasteiger partial charge >= 0.3 is 5.69 Å². The molecule has 1 aliphatic heterocycles. The van der Waals surface area contributed by atoms with Crippen LogP contribution in [0.15, 0.2) is 15.8 Å². The van der Waals surface area contributed by atoms with Crippen molar-refractivity contribution in [1.29, 1.82) is 0 Å². The molecule has 94 valence electrons. The van der Waals surface area contributed by atoms with Gasteiger partial charge < -0.3 is 9.84 Å². The Labute approximate surface area is 95.7 Å². The zero-order chi connectivity index (χ0) is 12.6. The van der Waals surface area contributed by atoms with Crippen molar-refractivity contribution < 1.29 is 14.2 Å². The zero-order valence-corrected chi connectivity index (χ0v) is 9.22. The number of aliphatic hydroxyl groups excluding tert-OH is 1. The van der Waals surface area contributed by atoms with E-state index in [-0.39, 0.29) is 6.42 Å². The maximum Gasteiger partial charge on any atom is 0.330 e. The number of aliphatic hydroxyl groups is 1. The molecule has 1 aliphatic rings. The molecule has 1 fully saturated rings. The molecule has 0 saturated carbocycles. The van der Waals surface area contributed by atoms with E-state index in [0.29, 0.717) is 5.56 Å². The number of hydrogen-bond acceptors (Lipinski definition) is 4. The Bertz CT molecular complexity index is 524. The SMILES string of the molecule is Cc1cn([C@@H]2C[C@H](F)[C@@H](CO)O2)c(=O)[nH]c1=O. The Morgan fingerprint density at radius 3 is 2.94 bits per heavy atom. The van der Waals surface area contributed by atoms with Gasteiger partial charge in [-0.2, -0.15) is 0 Å². The summed E-state index contributed by atoms with van der Waals surface area (Å²) >= 11 is 0. The highest BCUT2D eigenvalue weighted by atomic mass is 19.1. The largest absolute Gasteiger partial charge is 0.394 e. The summed E-state index contributed by atoms with van der Waals surface area (Å²) in [5.74, 6) is 0. The van der Waals surface area contributed by atoms with E-state index >= 15 is 0 Å². The number of hydrogen-bond donors (Lipinski definition) is 2. The monoisotopic (exact) mass is 244 g/mol. The number of aromatic nitrogens is 2. The summed E-state index contributed by atoms with van der Waals surface area (Å²) < 4.78 is 19.7. The second-order valence-electron chi connectivity index (χ2n) is 4.04. The topological polar surface area (TPSA) is 84.3 Å². The third-order valence-electron chi connectivity index (χ3n) is 2.80. The maximum atomic E-state index is 13.4. The lowest BCUT2D eigenvalue weighted by molar-refractivity contribution is -0.0356. The van der Waals surface area contributed by atoms with Gasteiger partial charge in [0.25, 0.3) is 5.56 Å². The maximum absolute atomic E-state index is 13.4. The number of halogens is 1. The molecule has 1 aromatic heterocycles. The van der Waals surface area contributed by atoms with Gasteiger partial charge in [-0.05, 0) is 6.92 Å². The van der Waals surface area contributed by atoms with Crippen LogP contribution in [0.2, 0.25) is 0 Å². The fraction of sp³-hybridized carbons (Fsp3) is 0.600. The van der Waals surface area contributed by atoms with Crippen molar-refractivity contribution in [3.8, 4) is 0 Å². The molecule has 3 atom stereocenters. The minimum absolute atomic E-state index is 0.0172. The smallest absolute Gasteiger partial charge is 0.330 e. The first kappa shape index (κ1) is 12.0. The number of aromatic amines is 1. The predicted octanol–water partition coefficient (Wildman–Crippen LogP) is -0.537. The van der Waals surface area contributed by atoms with Gasteiger partial charge in [-0.25, -0.2) is 9.18 Å². The molecule has 2 rings (SSSR count). The van der Waals surface area contributed by atoms with Gasteiger partial charge in [-0.15, -0.1) is 0 Å². The van der Waals surface area contributed by atoms with Gasteiger partial charge in [0.2, 0.25) is 0 Å². The van der Waals surface area contributed by atoms with E-state index in [0.717, 1.165) is 4.57 Å². The van der Waals surface area contributed by atoms with Crippen LogP contribution >= 0.6 is 0 Å². The summed E-state index contributed by atoms with van der Waals surface area (Å²) in [7, 11) is 0. The first-order chi connectivity index (χ1) is 8.02. The third kappa shape index (κ3) is 2.16. The number of rotatable bonds is 2. The molecule has 7 heteroatoms. The second kappa shape index (κ2) is 4.42. The van der Waals surface area contributed by atoms with Crippen LogP contribution < -0.4 is 11.2 Å². The highest BCUT2D eigenvalue weighted by Gasteiger charge is 2.36. The van der Waals surface area contributed by atoms with Crippen LogP contribution in [0.25, 0.3) is 0 Å². The fourth-order valence-corrected chi connectivity index (χ4v) is 1.82. The van der Waals surface area contributed by atoms with Gasteiger partial charge in [-0.3, -0.25) is 14.3 Å². The van der Waals surface area contributed by atoms with Crippen molar-refractivity contribution in [3.63, 3.8) is 0 Å². The van der Waals surface area contributed by atoms with E-state index < -0.39 is 36.4 Å². The zero-order valence-electron chi connectivity index (χ0n) is 9.22. The summed E-state index contributed by atoms with van der Waals surface area (Å²) in [5, 5.41) is 8.86. The van der Waals surface area contributed by atoms with Gasteiger partial charge in [0, 0.05) is 18.2 Å². The molecule has 0 aromatic carbocycles. The molecule has 1 saturated heterocycles. The molecule has 6 nitrogen and oxygen atoms in total. The number of alkyl halides is 1. The molecule has 17 heavy (non-hydrogen) atoms. The van der Waals surface area contributed by atoms with Crippen molar-refractivity contribution in [3.05, 3.63) is 32.6 Å². The Morgan fingerprint density at radius 2 is 2.35 bits per heavy atom. The number of aryl methyl sites for hydroxylation is 1. The van der Waals surface area contributed by atoms with E-state index in [9.17, 15) is 14.0 Å². The molecular weight excluding hydrogens is 231 g/mol. The summed E-state index contributed by atoms with van der Waals surface area (Å²) in [5.41, 5.74) is -0.771. The quantitative estimate of drug-likeness (QED) is 0.732. The molecular formula is C10H13FN2O4. The second-order valence-corrected chi connectivity index (χ2v) is 4.04. The normalized spacial score (nSPS) is 28.5. The van der Waals surface area contributed by atoms with Crippen molar-refractivity contribution >= 4 is 0 Å². The van der Waals surface area contributed by atoms with Crippen molar-refractivity contribution in [1.82, 2.24) is 9.55 Å². The predicted molar refractivity (Wildman–Crippen MR) is 56.6 cm³/mol. The molecule has 0 unspecified atom stereocenters. The number of nitrogens with zero attached hydrogens (tertiary/aromatic N) is 1. The van der Waals surface area contributed by atoms with Crippen LogP contribution in [0, 0.1) is 6.92 Å². The summed E-state index contributed by atoms with van der Waals surface area (Å²) in [4.78, 5) is 24.8. The van der Waals surface area contributed by atoms with Crippen LogP contribution in [0.5, 0.6) is 0 Å². The first-order valence-corrected chi connectivity index (χ1v) is 5.25.